The van der Waals surface area contributed by atoms with Gasteiger partial charge in [-0.05, 0) is 43.0 Å². The summed E-state index contributed by atoms with van der Waals surface area (Å²) >= 11 is 7.73. The number of carbonyl (C=O) groups is 3. The predicted molar refractivity (Wildman–Crippen MR) is 149 cm³/mol. The van der Waals surface area contributed by atoms with Crippen LogP contribution >= 0.6 is 23.4 Å². The number of hydrogen-bond donors (Lipinski definition) is 1. The van der Waals surface area contributed by atoms with Crippen LogP contribution in [0.25, 0.3) is 0 Å². The molecule has 3 aliphatic rings. The monoisotopic (exact) mass is 545 g/mol. The van der Waals surface area contributed by atoms with E-state index in [0.717, 1.165) is 6.42 Å². The van der Waals surface area contributed by atoms with E-state index < -0.39 is 28.7 Å². The highest BCUT2D eigenvalue weighted by Crippen LogP contribution is 2.67. The highest BCUT2D eigenvalue weighted by atomic mass is 35.5. The van der Waals surface area contributed by atoms with E-state index in [1.165, 1.54) is 0 Å². The number of thioether (sulfide) groups is 1. The smallest absolute Gasteiger partial charge is 0.251 e. The second kappa shape index (κ2) is 10.8. The lowest BCUT2D eigenvalue weighted by atomic mass is 9.70. The topological polar surface area (TPSA) is 81.2 Å². The van der Waals surface area contributed by atoms with Gasteiger partial charge in [0.05, 0.1) is 29.2 Å². The van der Waals surface area contributed by atoms with Crippen LogP contribution < -0.4 is 4.90 Å². The third-order valence-corrected chi connectivity index (χ3v) is 10.3. The van der Waals surface area contributed by atoms with Crippen molar-refractivity contribution in [3.8, 4) is 0 Å². The van der Waals surface area contributed by atoms with Crippen LogP contribution in [0.3, 0.4) is 0 Å². The molecule has 2 bridgehead atoms. The fraction of sp³-hybridized carbons (Fsp3) is 0.536. The predicted octanol–water partition coefficient (Wildman–Crippen LogP) is 3.61. The molecule has 1 N–H and O–H groups in total. The number of hydrogen-bond acceptors (Lipinski definition) is 5. The Morgan fingerprint density at radius 1 is 1.22 bits per heavy atom. The zero-order valence-electron chi connectivity index (χ0n) is 21.7. The summed E-state index contributed by atoms with van der Waals surface area (Å²) in [7, 11) is 1.73. The second-order valence-electron chi connectivity index (χ2n) is 10.5. The number of carbonyl (C=O) groups excluding carboxylic acids is 3. The van der Waals surface area contributed by atoms with Gasteiger partial charge in [-0.2, -0.15) is 0 Å². The number of anilines is 1. The molecule has 0 radical (unpaired) electrons. The average Bonchev–Trinajstić information content (AvgIpc) is 3.51. The van der Waals surface area contributed by atoms with E-state index >= 15 is 0 Å². The largest absolute Gasteiger partial charge is 0.394 e. The number of benzene rings is 1. The lowest BCUT2D eigenvalue weighted by molar-refractivity contribution is -0.145. The maximum Gasteiger partial charge on any atom is 0.251 e. The highest BCUT2D eigenvalue weighted by molar-refractivity contribution is 8.02. The molecule has 3 fully saturated rings. The van der Waals surface area contributed by atoms with Crippen molar-refractivity contribution in [2.24, 2.45) is 17.8 Å². The van der Waals surface area contributed by atoms with E-state index in [4.69, 9.17) is 11.6 Å². The molecule has 4 rings (SSSR count). The minimum absolute atomic E-state index is 0.0267. The molecule has 3 saturated heterocycles. The molecule has 7 nitrogen and oxygen atoms in total. The molecule has 0 aromatic heterocycles. The number of fused-ring (bicyclic) bond motifs is 1. The number of likely N-dealkylation sites (N-methyl/N-ethyl adjacent to an activating group) is 1. The Morgan fingerprint density at radius 3 is 2.43 bits per heavy atom. The Morgan fingerprint density at radius 2 is 1.86 bits per heavy atom. The minimum atomic E-state index is -0.808. The van der Waals surface area contributed by atoms with Gasteiger partial charge in [0.25, 0.3) is 5.91 Å². The van der Waals surface area contributed by atoms with Gasteiger partial charge in [-0.1, -0.05) is 37.6 Å². The van der Waals surface area contributed by atoms with Gasteiger partial charge in [-0.15, -0.1) is 24.9 Å². The summed E-state index contributed by atoms with van der Waals surface area (Å²) in [6, 6.07) is 5.66. The Bertz CT molecular complexity index is 1080. The SMILES string of the molecule is C=CCN(C)C(=O)[C@@H]1[C@H]2C(=O)N([C@@H](CO)C(C)C)C(C(=O)N(CC=C)c3ccc(Cl)cc3)C23CC[C@H]1S3. The van der Waals surface area contributed by atoms with Gasteiger partial charge in [0.1, 0.15) is 6.04 Å². The van der Waals surface area contributed by atoms with Gasteiger partial charge >= 0.3 is 0 Å². The van der Waals surface area contributed by atoms with Crippen LogP contribution in [0, 0.1) is 17.8 Å². The van der Waals surface area contributed by atoms with Gasteiger partial charge in [0, 0.05) is 36.1 Å². The van der Waals surface area contributed by atoms with E-state index in [0.29, 0.717) is 23.7 Å². The quantitative estimate of drug-likeness (QED) is 0.454. The standard InChI is InChI=1S/C28H36ClN3O4S/c1-6-14-30(5)25(34)22-21-12-13-28(37-21)23(22)26(35)32(20(16-33)17(3)4)24(28)27(36)31(15-7-2)19-10-8-18(29)9-11-19/h6-11,17,20-24,33H,1-2,12-16H2,3-5H3/t20-,21+,22-,23-,24?,28?/m0/s1. The van der Waals surface area contributed by atoms with Gasteiger partial charge in [0.2, 0.25) is 11.8 Å². The third-order valence-electron chi connectivity index (χ3n) is 8.07. The Balaban J connectivity index is 1.82. The number of rotatable bonds is 10. The van der Waals surface area contributed by atoms with E-state index in [-0.39, 0.29) is 42.0 Å². The lowest BCUT2D eigenvalue weighted by Crippen LogP contribution is -2.58. The maximum absolute atomic E-state index is 14.5. The second-order valence-corrected chi connectivity index (χ2v) is 12.6. The van der Waals surface area contributed by atoms with E-state index in [9.17, 15) is 19.5 Å². The summed E-state index contributed by atoms with van der Waals surface area (Å²) < 4.78 is -0.734. The normalized spacial score (nSPS) is 28.8. The van der Waals surface area contributed by atoms with Crippen LogP contribution in [0.2, 0.25) is 5.02 Å². The van der Waals surface area contributed by atoms with Gasteiger partial charge in [-0.25, -0.2) is 0 Å². The van der Waals surface area contributed by atoms with Crippen molar-refractivity contribution in [2.45, 2.75) is 48.8 Å². The van der Waals surface area contributed by atoms with Crippen LogP contribution in [-0.2, 0) is 14.4 Å². The third kappa shape index (κ3) is 4.51. The van der Waals surface area contributed by atoms with Crippen LogP contribution in [0.5, 0.6) is 0 Å². The maximum atomic E-state index is 14.5. The van der Waals surface area contributed by atoms with Crippen LogP contribution in [0.15, 0.2) is 49.6 Å². The molecule has 2 unspecified atom stereocenters. The van der Waals surface area contributed by atoms with Gasteiger partial charge in [0.15, 0.2) is 0 Å². The zero-order valence-corrected chi connectivity index (χ0v) is 23.3. The molecule has 1 aromatic rings. The lowest BCUT2D eigenvalue weighted by Gasteiger charge is -2.40. The van der Waals surface area contributed by atoms with Crippen molar-refractivity contribution in [2.75, 3.05) is 31.6 Å². The zero-order chi connectivity index (χ0) is 27.1. The molecular formula is C28H36ClN3O4S. The summed E-state index contributed by atoms with van der Waals surface area (Å²) in [4.78, 5) is 47.2. The van der Waals surface area contributed by atoms with Gasteiger partial charge in [-0.3, -0.25) is 14.4 Å². The molecule has 0 saturated carbocycles. The van der Waals surface area contributed by atoms with Crippen molar-refractivity contribution >= 4 is 46.8 Å². The average molecular weight is 546 g/mol. The van der Waals surface area contributed by atoms with Crippen molar-refractivity contribution < 1.29 is 19.5 Å². The number of likely N-dealkylation sites (tertiary alicyclic amines) is 1. The van der Waals surface area contributed by atoms with E-state index in [2.05, 4.69) is 13.2 Å². The minimum Gasteiger partial charge on any atom is -0.394 e. The molecule has 1 aromatic carbocycles. The van der Waals surface area contributed by atoms with Gasteiger partial charge < -0.3 is 19.8 Å². The Labute approximate surface area is 228 Å². The van der Waals surface area contributed by atoms with E-state index in [1.54, 1.807) is 69.9 Å². The first-order chi connectivity index (χ1) is 17.6. The summed E-state index contributed by atoms with van der Waals surface area (Å²) in [6.07, 6.45) is 4.76. The number of aliphatic hydroxyl groups excluding tert-OH is 1. The molecular weight excluding hydrogens is 510 g/mol. The summed E-state index contributed by atoms with van der Waals surface area (Å²) in [5.74, 6) is -1.72. The molecule has 3 amide bonds. The number of nitrogens with zero attached hydrogens (tertiary/aromatic N) is 3. The molecule has 200 valence electrons. The molecule has 9 heteroatoms. The summed E-state index contributed by atoms with van der Waals surface area (Å²) in [6.45, 7) is 11.8. The molecule has 3 aliphatic heterocycles. The first-order valence-electron chi connectivity index (χ1n) is 12.8. The Kier molecular flexibility index (Phi) is 8.12. The van der Waals surface area contributed by atoms with Crippen LogP contribution in [-0.4, -0.2) is 81.5 Å². The molecule has 37 heavy (non-hydrogen) atoms. The Hall–Kier alpha value is -2.29. The van der Waals surface area contributed by atoms with Crippen LogP contribution in [0.1, 0.15) is 26.7 Å². The summed E-state index contributed by atoms with van der Waals surface area (Å²) in [5, 5.41) is 10.9. The number of halogens is 1. The fourth-order valence-corrected chi connectivity index (χ4v) is 8.71. The van der Waals surface area contributed by atoms with Crippen LogP contribution in [0.4, 0.5) is 5.69 Å². The first kappa shape index (κ1) is 27.7. The highest BCUT2D eigenvalue weighted by Gasteiger charge is 2.74. The molecule has 3 heterocycles. The summed E-state index contributed by atoms with van der Waals surface area (Å²) in [5.41, 5.74) is 0.655. The number of aliphatic hydroxyl groups is 1. The van der Waals surface area contributed by atoms with E-state index in [1.807, 2.05) is 13.8 Å². The molecule has 0 aliphatic carbocycles. The van der Waals surface area contributed by atoms with Crippen molar-refractivity contribution in [3.63, 3.8) is 0 Å². The van der Waals surface area contributed by atoms with Crippen molar-refractivity contribution in [3.05, 3.63) is 54.6 Å². The molecule has 1 spiro atoms. The fourth-order valence-electron chi connectivity index (χ4n) is 6.39. The van der Waals surface area contributed by atoms with Crippen molar-refractivity contribution in [1.82, 2.24) is 9.80 Å². The number of amides is 3. The van der Waals surface area contributed by atoms with Crippen molar-refractivity contribution in [1.29, 1.82) is 0 Å². The molecule has 6 atom stereocenters. The first-order valence-corrected chi connectivity index (χ1v) is 14.0.